The first-order valence-electron chi connectivity index (χ1n) is 5.24. The molecule has 0 saturated heterocycles. The van der Waals surface area contributed by atoms with E-state index < -0.39 is 5.54 Å². The van der Waals surface area contributed by atoms with Gasteiger partial charge in [0.15, 0.2) is 0 Å². The topological polar surface area (TPSA) is 58.9 Å². The summed E-state index contributed by atoms with van der Waals surface area (Å²) in [5, 5.41) is 0. The van der Waals surface area contributed by atoms with Crippen LogP contribution in [0.5, 0.6) is 0 Å². The van der Waals surface area contributed by atoms with Gasteiger partial charge < -0.3 is 0 Å². The molecule has 1 aromatic rings. The molecule has 0 bridgehead atoms. The van der Waals surface area contributed by atoms with Crippen LogP contribution in [0, 0.1) is 13.8 Å². The first-order valence-corrected chi connectivity index (χ1v) is 5.24. The van der Waals surface area contributed by atoms with Crippen LogP contribution in [-0.4, -0.2) is 18.7 Å². The molecule has 1 rings (SSSR count). The van der Waals surface area contributed by atoms with Gasteiger partial charge in [0, 0.05) is 0 Å². The third-order valence-electron chi connectivity index (χ3n) is 2.93. The standard InChI is InChI=1S/C13H14N2O2/c1-10-5-4-6-12(11(10)2)13(3,15-9-17)7-14-8-16/h4-6H,7H2,1-3H3. The molecule has 0 aliphatic rings. The van der Waals surface area contributed by atoms with E-state index in [9.17, 15) is 9.59 Å². The lowest BCUT2D eigenvalue weighted by Crippen LogP contribution is -2.24. The lowest BCUT2D eigenvalue weighted by atomic mass is 9.87. The smallest absolute Gasteiger partial charge is 0.211 e. The Bertz CT molecular complexity index is 512. The maximum absolute atomic E-state index is 10.5. The summed E-state index contributed by atoms with van der Waals surface area (Å²) in [4.78, 5) is 28.0. The Balaban J connectivity index is 3.36. The maximum atomic E-state index is 10.5. The lowest BCUT2D eigenvalue weighted by molar-refractivity contribution is 0.488. The number of aliphatic imine (C=N–C) groups is 2. The summed E-state index contributed by atoms with van der Waals surface area (Å²) in [5.41, 5.74) is 2.16. The molecular weight excluding hydrogens is 216 g/mol. The highest BCUT2D eigenvalue weighted by Gasteiger charge is 2.28. The zero-order chi connectivity index (χ0) is 12.9. The van der Waals surface area contributed by atoms with Crippen LogP contribution >= 0.6 is 0 Å². The Morgan fingerprint density at radius 3 is 2.53 bits per heavy atom. The van der Waals surface area contributed by atoms with Gasteiger partial charge in [-0.25, -0.2) is 14.6 Å². The average Bonchev–Trinajstić information content (AvgIpc) is 2.30. The van der Waals surface area contributed by atoms with Crippen molar-refractivity contribution in [1.29, 1.82) is 0 Å². The molecule has 88 valence electrons. The second-order valence-corrected chi connectivity index (χ2v) is 4.13. The summed E-state index contributed by atoms with van der Waals surface area (Å²) in [5.74, 6) is 0. The second-order valence-electron chi connectivity index (χ2n) is 4.13. The van der Waals surface area contributed by atoms with Gasteiger partial charge in [0.25, 0.3) is 0 Å². The summed E-state index contributed by atoms with van der Waals surface area (Å²) in [6.45, 7) is 5.78. The van der Waals surface area contributed by atoms with Gasteiger partial charge in [0.05, 0.1) is 6.54 Å². The third-order valence-corrected chi connectivity index (χ3v) is 2.93. The van der Waals surface area contributed by atoms with Crippen LogP contribution in [0.25, 0.3) is 0 Å². The van der Waals surface area contributed by atoms with E-state index in [0.29, 0.717) is 0 Å². The molecular formula is C13H14N2O2. The van der Waals surface area contributed by atoms with Crippen LogP contribution in [-0.2, 0) is 15.1 Å². The predicted octanol–water partition coefficient (Wildman–Crippen LogP) is 2.19. The molecule has 0 aliphatic heterocycles. The van der Waals surface area contributed by atoms with Crippen LogP contribution < -0.4 is 0 Å². The minimum atomic E-state index is -0.852. The molecule has 4 nitrogen and oxygen atoms in total. The molecule has 0 fully saturated rings. The number of aryl methyl sites for hydroxylation is 1. The molecule has 17 heavy (non-hydrogen) atoms. The molecule has 4 heteroatoms. The molecule has 0 radical (unpaired) electrons. The first-order chi connectivity index (χ1) is 8.05. The zero-order valence-corrected chi connectivity index (χ0v) is 10.2. The molecule has 0 aliphatic carbocycles. The van der Waals surface area contributed by atoms with E-state index in [-0.39, 0.29) is 6.54 Å². The fourth-order valence-corrected chi connectivity index (χ4v) is 1.80. The van der Waals surface area contributed by atoms with Crippen molar-refractivity contribution in [3.63, 3.8) is 0 Å². The number of isocyanates is 2. The van der Waals surface area contributed by atoms with Crippen LogP contribution in [0.15, 0.2) is 28.2 Å². The summed E-state index contributed by atoms with van der Waals surface area (Å²) < 4.78 is 0. The Morgan fingerprint density at radius 2 is 1.94 bits per heavy atom. The minimum absolute atomic E-state index is 0.0933. The Hall–Kier alpha value is -2.02. The van der Waals surface area contributed by atoms with Gasteiger partial charge in [-0.2, -0.15) is 4.99 Å². The van der Waals surface area contributed by atoms with Crippen molar-refractivity contribution in [3.05, 3.63) is 34.9 Å². The van der Waals surface area contributed by atoms with Gasteiger partial charge in [-0.15, -0.1) is 0 Å². The third kappa shape index (κ3) is 2.76. The molecule has 0 spiro atoms. The molecule has 1 atom stereocenters. The van der Waals surface area contributed by atoms with Crippen LogP contribution in [0.2, 0.25) is 0 Å². The molecule has 0 N–H and O–H groups in total. The van der Waals surface area contributed by atoms with Crippen molar-refractivity contribution in [2.45, 2.75) is 26.3 Å². The van der Waals surface area contributed by atoms with E-state index in [1.165, 1.54) is 6.08 Å². The average molecular weight is 230 g/mol. The van der Waals surface area contributed by atoms with Crippen LogP contribution in [0.3, 0.4) is 0 Å². The minimum Gasteiger partial charge on any atom is -0.211 e. The van der Waals surface area contributed by atoms with E-state index >= 15 is 0 Å². The van der Waals surface area contributed by atoms with E-state index in [2.05, 4.69) is 9.98 Å². The largest absolute Gasteiger partial charge is 0.235 e. The van der Waals surface area contributed by atoms with Gasteiger partial charge >= 0.3 is 0 Å². The maximum Gasteiger partial charge on any atom is 0.235 e. The van der Waals surface area contributed by atoms with E-state index in [4.69, 9.17) is 0 Å². The number of rotatable bonds is 4. The molecule has 0 heterocycles. The SMILES string of the molecule is Cc1cccc(C(C)(CN=C=O)N=C=O)c1C. The summed E-state index contributed by atoms with van der Waals surface area (Å²) in [6.07, 6.45) is 3.02. The molecule has 1 unspecified atom stereocenters. The van der Waals surface area contributed by atoms with Gasteiger partial charge in [0.1, 0.15) is 5.54 Å². The first kappa shape index (κ1) is 13.0. The molecule has 0 saturated carbocycles. The van der Waals surface area contributed by atoms with Crippen molar-refractivity contribution >= 4 is 12.2 Å². The fraction of sp³-hybridized carbons (Fsp3) is 0.385. The highest BCUT2D eigenvalue weighted by atomic mass is 16.1. The fourth-order valence-electron chi connectivity index (χ4n) is 1.80. The van der Waals surface area contributed by atoms with Crippen molar-refractivity contribution < 1.29 is 9.59 Å². The predicted molar refractivity (Wildman–Crippen MR) is 64.4 cm³/mol. The summed E-state index contributed by atoms with van der Waals surface area (Å²) >= 11 is 0. The zero-order valence-electron chi connectivity index (χ0n) is 10.2. The monoisotopic (exact) mass is 230 g/mol. The van der Waals surface area contributed by atoms with Gasteiger partial charge in [-0.3, -0.25) is 0 Å². The van der Waals surface area contributed by atoms with Gasteiger partial charge in [-0.05, 0) is 37.5 Å². The lowest BCUT2D eigenvalue weighted by Gasteiger charge is -2.24. The van der Waals surface area contributed by atoms with Crippen molar-refractivity contribution in [2.75, 3.05) is 6.54 Å². The number of nitrogens with zero attached hydrogens (tertiary/aromatic N) is 2. The summed E-state index contributed by atoms with van der Waals surface area (Å²) in [6, 6.07) is 5.75. The van der Waals surface area contributed by atoms with Crippen LogP contribution in [0.1, 0.15) is 23.6 Å². The molecule has 0 amide bonds. The normalized spacial score (nSPS) is 13.1. The van der Waals surface area contributed by atoms with E-state index in [1.54, 1.807) is 13.0 Å². The van der Waals surface area contributed by atoms with Crippen LogP contribution in [0.4, 0.5) is 0 Å². The molecule has 1 aromatic carbocycles. The van der Waals surface area contributed by atoms with E-state index in [0.717, 1.165) is 16.7 Å². The van der Waals surface area contributed by atoms with E-state index in [1.807, 2.05) is 32.0 Å². The van der Waals surface area contributed by atoms with Gasteiger partial charge in [-0.1, -0.05) is 18.2 Å². The number of carbonyl (C=O) groups excluding carboxylic acids is 2. The Morgan fingerprint density at radius 1 is 1.24 bits per heavy atom. The highest BCUT2D eigenvalue weighted by molar-refractivity contribution is 5.43. The number of hydrogen-bond acceptors (Lipinski definition) is 4. The van der Waals surface area contributed by atoms with Crippen molar-refractivity contribution in [2.24, 2.45) is 9.98 Å². The highest BCUT2D eigenvalue weighted by Crippen LogP contribution is 2.29. The quantitative estimate of drug-likeness (QED) is 0.588. The number of hydrogen-bond donors (Lipinski definition) is 0. The molecule has 0 aromatic heterocycles. The Labute approximate surface area is 100 Å². The Kier molecular flexibility index (Phi) is 4.11. The summed E-state index contributed by atoms with van der Waals surface area (Å²) in [7, 11) is 0. The number of benzene rings is 1. The van der Waals surface area contributed by atoms with Crippen molar-refractivity contribution in [1.82, 2.24) is 0 Å². The second kappa shape index (κ2) is 5.35. The van der Waals surface area contributed by atoms with Gasteiger partial charge in [0.2, 0.25) is 12.2 Å². The van der Waals surface area contributed by atoms with Crippen molar-refractivity contribution in [3.8, 4) is 0 Å².